The highest BCUT2D eigenvalue weighted by molar-refractivity contribution is 7.14. The number of thiazole rings is 1. The molecule has 0 saturated heterocycles. The van der Waals surface area contributed by atoms with Gasteiger partial charge in [-0.15, -0.1) is 11.3 Å². The molecule has 0 aliphatic carbocycles. The highest BCUT2D eigenvalue weighted by Crippen LogP contribution is 2.29. The molecule has 0 aliphatic heterocycles. The Morgan fingerprint density at radius 3 is 2.50 bits per heavy atom. The lowest BCUT2D eigenvalue weighted by Gasteiger charge is -2.09. The molecule has 0 saturated carbocycles. The fraction of sp³-hybridized carbons (Fsp3) is 0.500. The molecule has 1 heterocycles. The topological polar surface area (TPSA) is 53.8 Å². The van der Waals surface area contributed by atoms with Gasteiger partial charge in [0.1, 0.15) is 10.4 Å². The van der Waals surface area contributed by atoms with Crippen molar-refractivity contribution in [3.05, 3.63) is 15.6 Å². The maximum atomic E-state index is 11.2. The Balaban J connectivity index is 3.23. The van der Waals surface area contributed by atoms with Gasteiger partial charge in [-0.25, -0.2) is 4.98 Å². The average molecular weight is 208 g/mol. The second-order valence-electron chi connectivity index (χ2n) is 3.73. The number of hydrogen-bond acceptors (Lipinski definition) is 4. The van der Waals surface area contributed by atoms with Crippen molar-refractivity contribution in [1.82, 2.24) is 4.98 Å². The first-order chi connectivity index (χ1) is 6.38. The van der Waals surface area contributed by atoms with Crippen molar-refractivity contribution in [3.8, 4) is 6.07 Å². The van der Waals surface area contributed by atoms with Gasteiger partial charge in [0.2, 0.25) is 0 Å². The Morgan fingerprint density at radius 2 is 2.14 bits per heavy atom. The number of carbonyl (C=O) groups excluding carboxylic acids is 1. The van der Waals surface area contributed by atoms with Crippen LogP contribution in [0, 0.1) is 18.3 Å². The van der Waals surface area contributed by atoms with E-state index in [1.54, 1.807) is 20.8 Å². The van der Waals surface area contributed by atoms with E-state index in [-0.39, 0.29) is 5.78 Å². The molecule has 3 nitrogen and oxygen atoms in total. The van der Waals surface area contributed by atoms with Gasteiger partial charge in [-0.05, 0) is 20.8 Å². The Kier molecular flexibility index (Phi) is 2.72. The molecule has 1 aromatic heterocycles. The molecule has 0 bridgehead atoms. The molecule has 0 fully saturated rings. The summed E-state index contributed by atoms with van der Waals surface area (Å²) < 4.78 is 0. The number of aryl methyl sites for hydroxylation is 1. The summed E-state index contributed by atoms with van der Waals surface area (Å²) in [6.07, 6.45) is 0. The molecule has 1 aromatic rings. The highest BCUT2D eigenvalue weighted by Gasteiger charge is 2.26. The van der Waals surface area contributed by atoms with Gasteiger partial charge in [-0.1, -0.05) is 0 Å². The Bertz CT molecular complexity index is 412. The first-order valence-corrected chi connectivity index (χ1v) is 5.10. The first kappa shape index (κ1) is 10.9. The molecule has 0 N–H and O–H groups in total. The second kappa shape index (κ2) is 3.50. The van der Waals surface area contributed by atoms with Gasteiger partial charge in [0.25, 0.3) is 0 Å². The van der Waals surface area contributed by atoms with Crippen LogP contribution in [-0.4, -0.2) is 10.8 Å². The maximum Gasteiger partial charge on any atom is 0.171 e. The first-order valence-electron chi connectivity index (χ1n) is 4.28. The number of nitriles is 1. The standard InChI is InChI=1S/C10H12N2OS/c1-6-8(7(2)13)14-9(12-6)10(3,4)5-11/h1-4H3. The van der Waals surface area contributed by atoms with Crippen LogP contribution in [0.3, 0.4) is 0 Å². The molecule has 0 unspecified atom stereocenters. The molecule has 0 radical (unpaired) electrons. The summed E-state index contributed by atoms with van der Waals surface area (Å²) >= 11 is 1.32. The van der Waals surface area contributed by atoms with E-state index in [0.717, 1.165) is 5.69 Å². The smallest absolute Gasteiger partial charge is 0.171 e. The molecule has 0 spiro atoms. The SMILES string of the molecule is CC(=O)c1sc(C(C)(C)C#N)nc1C. The number of rotatable bonds is 2. The molecule has 0 amide bonds. The van der Waals surface area contributed by atoms with E-state index in [1.807, 2.05) is 0 Å². The van der Waals surface area contributed by atoms with E-state index in [1.165, 1.54) is 18.3 Å². The fourth-order valence-electron chi connectivity index (χ4n) is 1.04. The predicted octanol–water partition coefficient (Wildman–Crippen LogP) is 2.46. The Labute approximate surface area is 87.4 Å². The highest BCUT2D eigenvalue weighted by atomic mass is 32.1. The van der Waals surface area contributed by atoms with E-state index in [0.29, 0.717) is 9.88 Å². The van der Waals surface area contributed by atoms with Crippen molar-refractivity contribution < 1.29 is 4.79 Å². The number of ketones is 1. The largest absolute Gasteiger partial charge is 0.294 e. The summed E-state index contributed by atoms with van der Waals surface area (Å²) in [7, 11) is 0. The summed E-state index contributed by atoms with van der Waals surface area (Å²) in [6, 6.07) is 2.17. The molecule has 0 aromatic carbocycles. The number of aromatic nitrogens is 1. The number of hydrogen-bond donors (Lipinski definition) is 0. The zero-order valence-corrected chi connectivity index (χ0v) is 9.53. The number of carbonyl (C=O) groups is 1. The van der Waals surface area contributed by atoms with E-state index in [4.69, 9.17) is 5.26 Å². The number of Topliss-reactive ketones (excluding diaryl/α,β-unsaturated/α-hetero) is 1. The minimum atomic E-state index is -0.608. The van der Waals surface area contributed by atoms with Crippen LogP contribution in [0.1, 0.15) is 41.1 Å². The molecular weight excluding hydrogens is 196 g/mol. The van der Waals surface area contributed by atoms with Gasteiger partial charge >= 0.3 is 0 Å². The zero-order valence-electron chi connectivity index (χ0n) is 8.71. The molecule has 74 valence electrons. The third-order valence-electron chi connectivity index (χ3n) is 1.93. The van der Waals surface area contributed by atoms with Gasteiger partial charge in [0.05, 0.1) is 16.6 Å². The summed E-state index contributed by atoms with van der Waals surface area (Å²) in [5, 5.41) is 9.63. The lowest BCUT2D eigenvalue weighted by Crippen LogP contribution is -2.13. The van der Waals surface area contributed by atoms with Crippen LogP contribution in [0.25, 0.3) is 0 Å². The molecule has 1 rings (SSSR count). The maximum absolute atomic E-state index is 11.2. The minimum Gasteiger partial charge on any atom is -0.294 e. The predicted molar refractivity (Wildman–Crippen MR) is 55.5 cm³/mol. The third-order valence-corrected chi connectivity index (χ3v) is 3.51. The van der Waals surface area contributed by atoms with Gasteiger partial charge in [-0.2, -0.15) is 5.26 Å². The minimum absolute atomic E-state index is 0.0139. The monoisotopic (exact) mass is 208 g/mol. The Morgan fingerprint density at radius 1 is 1.57 bits per heavy atom. The lowest BCUT2D eigenvalue weighted by atomic mass is 9.97. The summed E-state index contributed by atoms with van der Waals surface area (Å²) in [6.45, 7) is 6.91. The molecule has 14 heavy (non-hydrogen) atoms. The zero-order chi connectivity index (χ0) is 10.9. The van der Waals surface area contributed by atoms with Crippen molar-refractivity contribution in [3.63, 3.8) is 0 Å². The normalized spacial score (nSPS) is 11.1. The second-order valence-corrected chi connectivity index (χ2v) is 4.73. The van der Waals surface area contributed by atoms with E-state index in [2.05, 4.69) is 11.1 Å². The van der Waals surface area contributed by atoms with Gasteiger partial charge in [-0.3, -0.25) is 4.79 Å². The quantitative estimate of drug-likeness (QED) is 0.701. The molecule has 0 aliphatic rings. The van der Waals surface area contributed by atoms with Crippen LogP contribution < -0.4 is 0 Å². The van der Waals surface area contributed by atoms with Crippen LogP contribution in [-0.2, 0) is 5.41 Å². The van der Waals surface area contributed by atoms with Gasteiger partial charge < -0.3 is 0 Å². The molecular formula is C10H12N2OS. The van der Waals surface area contributed by atoms with Crippen molar-refractivity contribution in [2.75, 3.05) is 0 Å². The van der Waals surface area contributed by atoms with E-state index < -0.39 is 5.41 Å². The number of nitrogens with zero attached hydrogens (tertiary/aromatic N) is 2. The van der Waals surface area contributed by atoms with Crippen LogP contribution in [0.15, 0.2) is 0 Å². The van der Waals surface area contributed by atoms with Crippen LogP contribution in [0.2, 0.25) is 0 Å². The summed E-state index contributed by atoms with van der Waals surface area (Å²) in [5.74, 6) is 0.0139. The van der Waals surface area contributed by atoms with Crippen LogP contribution >= 0.6 is 11.3 Å². The summed E-state index contributed by atoms with van der Waals surface area (Å²) in [5.41, 5.74) is 0.115. The molecule has 0 atom stereocenters. The van der Waals surface area contributed by atoms with Crippen molar-refractivity contribution in [1.29, 1.82) is 5.26 Å². The third kappa shape index (κ3) is 1.83. The van der Waals surface area contributed by atoms with E-state index in [9.17, 15) is 4.79 Å². The van der Waals surface area contributed by atoms with Crippen molar-refractivity contribution >= 4 is 17.1 Å². The van der Waals surface area contributed by atoms with Crippen molar-refractivity contribution in [2.45, 2.75) is 33.1 Å². The van der Waals surface area contributed by atoms with E-state index >= 15 is 0 Å². The Hall–Kier alpha value is -1.21. The lowest BCUT2D eigenvalue weighted by molar-refractivity contribution is 0.102. The summed E-state index contributed by atoms with van der Waals surface area (Å²) in [4.78, 5) is 16.1. The molecule has 4 heteroatoms. The van der Waals surface area contributed by atoms with Crippen molar-refractivity contribution in [2.24, 2.45) is 0 Å². The van der Waals surface area contributed by atoms with Crippen LogP contribution in [0.5, 0.6) is 0 Å². The average Bonchev–Trinajstić information content (AvgIpc) is 2.48. The van der Waals surface area contributed by atoms with Gasteiger partial charge in [0.15, 0.2) is 5.78 Å². The van der Waals surface area contributed by atoms with Crippen LogP contribution in [0.4, 0.5) is 0 Å². The fourth-order valence-corrected chi connectivity index (χ4v) is 2.05. The van der Waals surface area contributed by atoms with Gasteiger partial charge in [0, 0.05) is 6.92 Å².